The molecule has 1 saturated heterocycles. The van der Waals surface area contributed by atoms with Crippen molar-refractivity contribution in [3.8, 4) is 0 Å². The first-order valence-corrected chi connectivity index (χ1v) is 10.8. The van der Waals surface area contributed by atoms with Gasteiger partial charge in [-0.05, 0) is 42.8 Å². The Bertz CT molecular complexity index is 1340. The number of carbonyl (C=O) groups excluding carboxylic acids is 1. The molecule has 168 valence electrons. The first-order chi connectivity index (χ1) is 15.8. The lowest BCUT2D eigenvalue weighted by molar-refractivity contribution is -0.137. The van der Waals surface area contributed by atoms with Gasteiger partial charge in [0, 0.05) is 31.1 Å². The highest BCUT2D eigenvalue weighted by Gasteiger charge is 2.36. The lowest BCUT2D eigenvalue weighted by atomic mass is 10.1. The molecule has 0 radical (unpaired) electrons. The maximum atomic E-state index is 13.2. The monoisotopic (exact) mass is 449 g/mol. The van der Waals surface area contributed by atoms with Crippen molar-refractivity contribution in [2.75, 3.05) is 11.4 Å². The second-order valence-electron chi connectivity index (χ2n) is 8.49. The standard InChI is InChI=1S/C26H22F3N3O/c1-17-6-4-7-18(12-17)15-32-23-11-3-2-10-22(23)30-25(32)19-13-24(33)31(16-19)21-9-5-8-20(14-21)26(27,28)29/h2-12,14,19H,13,15-16H2,1H3/t19-/m0/s1. The zero-order chi connectivity index (χ0) is 23.2. The van der Waals surface area contributed by atoms with Crippen LogP contribution in [0.1, 0.15) is 34.9 Å². The first kappa shape index (κ1) is 21.2. The Kier molecular flexibility index (Phi) is 5.19. The Morgan fingerprint density at radius 3 is 2.58 bits per heavy atom. The molecule has 0 aliphatic carbocycles. The molecule has 33 heavy (non-hydrogen) atoms. The fraction of sp³-hybridized carbons (Fsp3) is 0.231. The van der Waals surface area contributed by atoms with Crippen LogP contribution in [0.3, 0.4) is 0 Å². The van der Waals surface area contributed by atoms with Gasteiger partial charge < -0.3 is 9.47 Å². The van der Waals surface area contributed by atoms with Crippen LogP contribution in [0.25, 0.3) is 11.0 Å². The number of anilines is 1. The number of halogens is 3. The average Bonchev–Trinajstić information content (AvgIpc) is 3.34. The molecule has 1 aliphatic rings. The van der Waals surface area contributed by atoms with Gasteiger partial charge in [-0.15, -0.1) is 0 Å². The lowest BCUT2D eigenvalue weighted by Gasteiger charge is -2.19. The third-order valence-electron chi connectivity index (χ3n) is 6.08. The largest absolute Gasteiger partial charge is 0.416 e. The van der Waals surface area contributed by atoms with Crippen LogP contribution in [-0.4, -0.2) is 22.0 Å². The molecular weight excluding hydrogens is 427 g/mol. The highest BCUT2D eigenvalue weighted by Crippen LogP contribution is 2.36. The van der Waals surface area contributed by atoms with Crippen molar-refractivity contribution in [2.24, 2.45) is 0 Å². The van der Waals surface area contributed by atoms with Crippen LogP contribution in [0, 0.1) is 6.92 Å². The van der Waals surface area contributed by atoms with Crippen molar-refractivity contribution in [3.05, 3.63) is 95.3 Å². The van der Waals surface area contributed by atoms with Gasteiger partial charge in [0.25, 0.3) is 0 Å². The molecule has 4 aromatic rings. The number of alkyl halides is 3. The minimum Gasteiger partial charge on any atom is -0.323 e. The van der Waals surface area contributed by atoms with Gasteiger partial charge in [0.15, 0.2) is 0 Å². The highest BCUT2D eigenvalue weighted by atomic mass is 19.4. The van der Waals surface area contributed by atoms with Gasteiger partial charge in [0.1, 0.15) is 5.82 Å². The summed E-state index contributed by atoms with van der Waals surface area (Å²) in [4.78, 5) is 19.1. The van der Waals surface area contributed by atoms with E-state index in [4.69, 9.17) is 4.98 Å². The van der Waals surface area contributed by atoms with Crippen molar-refractivity contribution < 1.29 is 18.0 Å². The number of fused-ring (bicyclic) bond motifs is 1. The minimum atomic E-state index is -4.46. The van der Waals surface area contributed by atoms with Crippen LogP contribution in [0.5, 0.6) is 0 Å². The van der Waals surface area contributed by atoms with Crippen LogP contribution in [0.4, 0.5) is 18.9 Å². The zero-order valence-electron chi connectivity index (χ0n) is 18.0. The Morgan fingerprint density at radius 1 is 1.00 bits per heavy atom. The molecule has 1 atom stereocenters. The second kappa shape index (κ2) is 8.06. The van der Waals surface area contributed by atoms with Gasteiger partial charge in [-0.2, -0.15) is 13.2 Å². The molecule has 7 heteroatoms. The van der Waals surface area contributed by atoms with E-state index < -0.39 is 11.7 Å². The number of imidazole rings is 1. The Labute approximate surface area is 189 Å². The second-order valence-corrected chi connectivity index (χ2v) is 8.49. The van der Waals surface area contributed by atoms with E-state index in [1.165, 1.54) is 11.0 Å². The van der Waals surface area contributed by atoms with E-state index in [-0.39, 0.29) is 30.5 Å². The van der Waals surface area contributed by atoms with E-state index in [0.717, 1.165) is 40.1 Å². The fourth-order valence-electron chi connectivity index (χ4n) is 4.55. The van der Waals surface area contributed by atoms with E-state index >= 15 is 0 Å². The molecule has 4 nitrogen and oxygen atoms in total. The first-order valence-electron chi connectivity index (χ1n) is 10.8. The summed E-state index contributed by atoms with van der Waals surface area (Å²) in [7, 11) is 0. The third kappa shape index (κ3) is 4.11. The van der Waals surface area contributed by atoms with E-state index in [1.54, 1.807) is 6.07 Å². The van der Waals surface area contributed by atoms with Gasteiger partial charge in [0.2, 0.25) is 5.91 Å². The number of hydrogen-bond acceptors (Lipinski definition) is 2. The van der Waals surface area contributed by atoms with Crippen molar-refractivity contribution in [3.63, 3.8) is 0 Å². The predicted octanol–water partition coefficient (Wildman–Crippen LogP) is 5.93. The van der Waals surface area contributed by atoms with Crippen molar-refractivity contribution in [2.45, 2.75) is 32.0 Å². The average molecular weight is 449 g/mol. The molecule has 0 N–H and O–H groups in total. The van der Waals surface area contributed by atoms with Crippen LogP contribution in [0.15, 0.2) is 72.8 Å². The molecule has 1 aliphatic heterocycles. The molecule has 1 aromatic heterocycles. The van der Waals surface area contributed by atoms with Gasteiger partial charge in [-0.25, -0.2) is 4.98 Å². The number of aromatic nitrogens is 2. The molecule has 3 aromatic carbocycles. The molecule has 0 saturated carbocycles. The zero-order valence-corrected chi connectivity index (χ0v) is 18.0. The topological polar surface area (TPSA) is 38.1 Å². The molecule has 1 amide bonds. The van der Waals surface area contributed by atoms with Crippen LogP contribution in [0.2, 0.25) is 0 Å². The third-order valence-corrected chi connectivity index (χ3v) is 6.08. The van der Waals surface area contributed by atoms with Gasteiger partial charge in [-0.3, -0.25) is 4.79 Å². The SMILES string of the molecule is Cc1cccc(Cn2c([C@H]3CC(=O)N(c4cccc(C(F)(F)F)c4)C3)nc3ccccc32)c1. The predicted molar refractivity (Wildman–Crippen MR) is 121 cm³/mol. The van der Waals surface area contributed by atoms with E-state index in [0.29, 0.717) is 6.54 Å². The number of benzene rings is 3. The Morgan fingerprint density at radius 2 is 1.79 bits per heavy atom. The Balaban J connectivity index is 1.51. The minimum absolute atomic E-state index is 0.200. The molecular formula is C26H22F3N3O. The maximum Gasteiger partial charge on any atom is 0.416 e. The van der Waals surface area contributed by atoms with E-state index in [9.17, 15) is 18.0 Å². The smallest absolute Gasteiger partial charge is 0.323 e. The number of nitrogens with zero attached hydrogens (tertiary/aromatic N) is 3. The summed E-state index contributed by atoms with van der Waals surface area (Å²) in [6.07, 6.45) is -4.26. The van der Waals surface area contributed by atoms with Crippen LogP contribution < -0.4 is 4.90 Å². The van der Waals surface area contributed by atoms with E-state index in [2.05, 4.69) is 16.7 Å². The number of amides is 1. The Hall–Kier alpha value is -3.61. The summed E-state index contributed by atoms with van der Waals surface area (Å²) in [6.45, 7) is 2.93. The van der Waals surface area contributed by atoms with Crippen LogP contribution >= 0.6 is 0 Å². The number of hydrogen-bond donors (Lipinski definition) is 0. The van der Waals surface area contributed by atoms with Gasteiger partial charge in [-0.1, -0.05) is 48.0 Å². The van der Waals surface area contributed by atoms with Crippen LogP contribution in [-0.2, 0) is 17.5 Å². The highest BCUT2D eigenvalue weighted by molar-refractivity contribution is 5.96. The lowest BCUT2D eigenvalue weighted by Crippen LogP contribution is -2.25. The summed E-state index contributed by atoms with van der Waals surface area (Å²) >= 11 is 0. The van der Waals surface area contributed by atoms with Gasteiger partial charge in [0.05, 0.1) is 16.6 Å². The number of aryl methyl sites for hydroxylation is 1. The summed E-state index contributed by atoms with van der Waals surface area (Å²) in [5.74, 6) is 0.360. The van der Waals surface area contributed by atoms with Crippen molar-refractivity contribution >= 4 is 22.6 Å². The maximum absolute atomic E-state index is 13.2. The number of rotatable bonds is 4. The summed E-state index contributed by atoms with van der Waals surface area (Å²) in [6, 6.07) is 21.0. The molecule has 5 rings (SSSR count). The van der Waals surface area contributed by atoms with E-state index in [1.807, 2.05) is 43.3 Å². The van der Waals surface area contributed by atoms with Gasteiger partial charge >= 0.3 is 6.18 Å². The summed E-state index contributed by atoms with van der Waals surface area (Å²) in [5.41, 5.74) is 3.59. The quantitative estimate of drug-likeness (QED) is 0.387. The summed E-state index contributed by atoms with van der Waals surface area (Å²) in [5, 5.41) is 0. The molecule has 1 fully saturated rings. The van der Waals surface area contributed by atoms with Crippen molar-refractivity contribution in [1.82, 2.24) is 9.55 Å². The number of carbonyl (C=O) groups is 1. The summed E-state index contributed by atoms with van der Waals surface area (Å²) < 4.78 is 41.7. The normalized spacial score (nSPS) is 16.7. The molecule has 0 bridgehead atoms. The molecule has 2 heterocycles. The van der Waals surface area contributed by atoms with Crippen molar-refractivity contribution in [1.29, 1.82) is 0 Å². The fourth-order valence-corrected chi connectivity index (χ4v) is 4.55. The molecule has 0 spiro atoms. The molecule has 0 unspecified atom stereocenters. The number of para-hydroxylation sites is 2.